The van der Waals surface area contributed by atoms with Crippen LogP contribution >= 0.6 is 0 Å². The summed E-state index contributed by atoms with van der Waals surface area (Å²) in [4.78, 5) is 24.2. The van der Waals surface area contributed by atoms with Crippen LogP contribution in [0.15, 0.2) is 24.3 Å². The molecule has 0 aromatic heterocycles. The molecule has 7 heteroatoms. The number of aliphatic hydroxyl groups is 2. The highest BCUT2D eigenvalue weighted by Gasteiger charge is 2.27. The minimum absolute atomic E-state index is 0.0723. The molecule has 0 fully saturated rings. The number of carbonyl (C=O) groups excluding carboxylic acids is 2. The van der Waals surface area contributed by atoms with Crippen LogP contribution in [0.25, 0.3) is 0 Å². The molecule has 0 aromatic rings. The first-order chi connectivity index (χ1) is 14.0. The summed E-state index contributed by atoms with van der Waals surface area (Å²) < 4.78 is 0.210. The minimum Gasteiger partial charge on any atom is -0.391 e. The predicted molar refractivity (Wildman–Crippen MR) is 117 cm³/mol. The van der Waals surface area contributed by atoms with Crippen molar-refractivity contribution >= 4 is 11.8 Å². The largest absolute Gasteiger partial charge is 0.391 e. The monoisotopic (exact) mass is 412 g/mol. The van der Waals surface area contributed by atoms with E-state index in [1.165, 1.54) is 0 Å². The van der Waals surface area contributed by atoms with Crippen LogP contribution in [0.4, 0.5) is 0 Å². The zero-order valence-electron chi connectivity index (χ0n) is 18.4. The fraction of sp³-hybridized carbons (Fsp3) is 0.727. The number of nitrogens with one attached hydrogen (secondary N) is 2. The number of allylic oxidation sites excluding steroid dienone is 4. The Morgan fingerprint density at radius 2 is 1.10 bits per heavy atom. The first-order valence-electron chi connectivity index (χ1n) is 10.9. The summed E-state index contributed by atoms with van der Waals surface area (Å²) in [7, 11) is 0. The molecule has 0 aromatic carbocycles. The van der Waals surface area contributed by atoms with E-state index in [9.17, 15) is 19.8 Å². The van der Waals surface area contributed by atoms with Crippen molar-refractivity contribution in [1.29, 1.82) is 0 Å². The lowest BCUT2D eigenvalue weighted by molar-refractivity contribution is -0.932. The normalized spacial score (nSPS) is 12.0. The van der Waals surface area contributed by atoms with Gasteiger partial charge in [-0.05, 0) is 25.7 Å². The molecule has 0 aliphatic heterocycles. The topological polar surface area (TPSA) is 98.7 Å². The Balaban J connectivity index is 4.55. The van der Waals surface area contributed by atoms with Gasteiger partial charge in [-0.15, -0.1) is 0 Å². The number of nitrogens with zero attached hydrogens (tertiary/aromatic N) is 1. The van der Waals surface area contributed by atoms with Crippen molar-refractivity contribution in [2.24, 2.45) is 0 Å². The summed E-state index contributed by atoms with van der Waals surface area (Å²) in [6.07, 6.45) is 14.6. The molecule has 0 bridgehead atoms. The van der Waals surface area contributed by atoms with Crippen LogP contribution in [0, 0.1) is 0 Å². The molecule has 7 nitrogen and oxygen atoms in total. The van der Waals surface area contributed by atoms with Crippen molar-refractivity contribution in [2.75, 3.05) is 39.6 Å². The number of aliphatic hydroxyl groups excluding tert-OH is 2. The van der Waals surface area contributed by atoms with Gasteiger partial charge in [-0.2, -0.15) is 0 Å². The lowest BCUT2D eigenvalue weighted by atomic mass is 10.2. The molecule has 0 aliphatic carbocycles. The van der Waals surface area contributed by atoms with Crippen LogP contribution in [-0.4, -0.2) is 66.2 Å². The Bertz CT molecular complexity index is 448. The zero-order valence-corrected chi connectivity index (χ0v) is 18.4. The van der Waals surface area contributed by atoms with E-state index in [0.717, 1.165) is 25.7 Å². The summed E-state index contributed by atoms with van der Waals surface area (Å²) in [6, 6.07) is 0. The first-order valence-corrected chi connectivity index (χ1v) is 10.9. The number of carbonyl (C=O) groups is 2. The standard InChI is InChI=1S/C22H41N3O4/c1-3-5-7-9-11-13-21(28)23-19-25(15-17-26,16-18-27)20-24-22(29)14-12-10-8-6-4-2/h7-10,26-27H,3-6,11-20H2,1-2H3,(H-,23,24,28,29)/p+1/b9-7+,10-8+. The molecule has 0 atom stereocenters. The predicted octanol–water partition coefficient (Wildman–Crippen LogP) is 2.21. The van der Waals surface area contributed by atoms with Crippen LogP contribution in [0.5, 0.6) is 0 Å². The van der Waals surface area contributed by atoms with Gasteiger partial charge in [-0.25, -0.2) is 0 Å². The molecule has 2 amide bonds. The maximum atomic E-state index is 12.1. The highest BCUT2D eigenvalue weighted by atomic mass is 16.3. The Morgan fingerprint density at radius 3 is 1.45 bits per heavy atom. The fourth-order valence-electron chi connectivity index (χ4n) is 2.83. The number of hydrogen-bond acceptors (Lipinski definition) is 4. The molecule has 4 N–H and O–H groups in total. The van der Waals surface area contributed by atoms with Gasteiger partial charge in [0.25, 0.3) is 0 Å². The molecule has 0 radical (unpaired) electrons. The third kappa shape index (κ3) is 14.9. The molecule has 0 spiro atoms. The lowest BCUT2D eigenvalue weighted by Crippen LogP contribution is -2.61. The van der Waals surface area contributed by atoms with Gasteiger partial charge in [-0.3, -0.25) is 14.1 Å². The van der Waals surface area contributed by atoms with Gasteiger partial charge >= 0.3 is 0 Å². The van der Waals surface area contributed by atoms with Gasteiger partial charge in [0, 0.05) is 12.8 Å². The summed E-state index contributed by atoms with van der Waals surface area (Å²) in [5.74, 6) is -0.145. The van der Waals surface area contributed by atoms with E-state index in [4.69, 9.17) is 0 Å². The van der Waals surface area contributed by atoms with Crippen molar-refractivity contribution in [3.63, 3.8) is 0 Å². The summed E-state index contributed by atoms with van der Waals surface area (Å²) in [5, 5.41) is 24.7. The molecular formula is C22H42N3O4+. The van der Waals surface area contributed by atoms with Gasteiger partial charge in [0.05, 0.1) is 13.2 Å². The Morgan fingerprint density at radius 1 is 0.724 bits per heavy atom. The van der Waals surface area contributed by atoms with Crippen LogP contribution in [-0.2, 0) is 9.59 Å². The van der Waals surface area contributed by atoms with Crippen LogP contribution in [0.1, 0.15) is 65.2 Å². The third-order valence-corrected chi connectivity index (χ3v) is 4.69. The Hall–Kier alpha value is -1.70. The minimum atomic E-state index is -0.0920. The first kappa shape index (κ1) is 27.3. The highest BCUT2D eigenvalue weighted by molar-refractivity contribution is 5.76. The Kier molecular flexibility index (Phi) is 17.3. The number of rotatable bonds is 18. The Labute approximate surface area is 176 Å². The second kappa shape index (κ2) is 18.3. The van der Waals surface area contributed by atoms with Gasteiger partial charge in [0.1, 0.15) is 13.1 Å². The summed E-state index contributed by atoms with van der Waals surface area (Å²) in [6.45, 7) is 5.24. The number of quaternary nitrogens is 1. The van der Waals surface area contributed by atoms with Crippen molar-refractivity contribution in [3.8, 4) is 0 Å². The second-order valence-electron chi connectivity index (χ2n) is 7.35. The molecule has 29 heavy (non-hydrogen) atoms. The fourth-order valence-corrected chi connectivity index (χ4v) is 2.83. The van der Waals surface area contributed by atoms with Crippen molar-refractivity contribution in [3.05, 3.63) is 24.3 Å². The maximum absolute atomic E-state index is 12.1. The number of unbranched alkanes of at least 4 members (excludes halogenated alkanes) is 2. The second-order valence-corrected chi connectivity index (χ2v) is 7.35. The van der Waals surface area contributed by atoms with Crippen molar-refractivity contribution in [2.45, 2.75) is 65.2 Å². The lowest BCUT2D eigenvalue weighted by Gasteiger charge is -2.37. The molecule has 0 saturated carbocycles. The van der Waals surface area contributed by atoms with Gasteiger partial charge < -0.3 is 20.8 Å². The van der Waals surface area contributed by atoms with E-state index in [-0.39, 0.29) is 42.8 Å². The van der Waals surface area contributed by atoms with Crippen molar-refractivity contribution < 1.29 is 24.3 Å². The molecule has 0 rings (SSSR count). The average Bonchev–Trinajstić information content (AvgIpc) is 2.71. The highest BCUT2D eigenvalue weighted by Crippen LogP contribution is 2.05. The third-order valence-electron chi connectivity index (χ3n) is 4.69. The maximum Gasteiger partial charge on any atom is 0.224 e. The van der Waals surface area contributed by atoms with E-state index in [1.54, 1.807) is 0 Å². The van der Waals surface area contributed by atoms with Crippen LogP contribution in [0.3, 0.4) is 0 Å². The van der Waals surface area contributed by atoms with E-state index in [1.807, 2.05) is 12.2 Å². The molecule has 0 aliphatic rings. The van der Waals surface area contributed by atoms with Gasteiger partial charge in [0.15, 0.2) is 13.3 Å². The van der Waals surface area contributed by atoms with E-state index >= 15 is 0 Å². The van der Waals surface area contributed by atoms with E-state index in [2.05, 4.69) is 36.6 Å². The molecule has 0 heterocycles. The molecule has 0 saturated heterocycles. The summed E-state index contributed by atoms with van der Waals surface area (Å²) in [5.41, 5.74) is 0. The molecular weight excluding hydrogens is 370 g/mol. The zero-order chi connectivity index (χ0) is 21.8. The molecule has 0 unspecified atom stereocenters. The van der Waals surface area contributed by atoms with Crippen LogP contribution in [0.2, 0.25) is 0 Å². The number of amides is 2. The quantitative estimate of drug-likeness (QED) is 0.158. The SMILES string of the molecule is CCC/C=C/CCC(=O)NC[N+](CCO)(CCO)CNC(=O)CC/C=C/CCC. The molecule has 168 valence electrons. The average molecular weight is 413 g/mol. The van der Waals surface area contributed by atoms with E-state index < -0.39 is 0 Å². The van der Waals surface area contributed by atoms with E-state index in [0.29, 0.717) is 38.8 Å². The van der Waals surface area contributed by atoms with Crippen LogP contribution < -0.4 is 10.6 Å². The van der Waals surface area contributed by atoms with Crippen molar-refractivity contribution in [1.82, 2.24) is 10.6 Å². The summed E-state index contributed by atoms with van der Waals surface area (Å²) >= 11 is 0. The van der Waals surface area contributed by atoms with Gasteiger partial charge in [0.2, 0.25) is 11.8 Å². The van der Waals surface area contributed by atoms with Gasteiger partial charge in [-0.1, -0.05) is 51.0 Å². The smallest absolute Gasteiger partial charge is 0.224 e. The number of hydrogen-bond donors (Lipinski definition) is 4.